The number of nitrogens with two attached hydrogens (primary N) is 1. The highest BCUT2D eigenvalue weighted by Crippen LogP contribution is 2.23. The second-order valence-electron chi connectivity index (χ2n) is 3.33. The fourth-order valence-electron chi connectivity index (χ4n) is 1.58. The number of nitrogen functional groups attached to an aromatic ring is 1. The first-order valence-corrected chi connectivity index (χ1v) is 4.69. The maximum atomic E-state index is 12.4. The van der Waals surface area contributed by atoms with Crippen molar-refractivity contribution in [2.24, 2.45) is 0 Å². The lowest BCUT2D eigenvalue weighted by molar-refractivity contribution is 0.128. The number of methoxy groups -OCH3 is 1. The van der Waals surface area contributed by atoms with Crippen molar-refractivity contribution in [3.8, 4) is 5.75 Å². The van der Waals surface area contributed by atoms with Crippen molar-refractivity contribution in [3.63, 3.8) is 0 Å². The number of halogens is 2. The second-order valence-corrected chi connectivity index (χ2v) is 3.33. The molecule has 1 aromatic carbocycles. The third kappa shape index (κ3) is 1.78. The summed E-state index contributed by atoms with van der Waals surface area (Å²) >= 11 is 0. The molecule has 1 heterocycles. The zero-order valence-electron chi connectivity index (χ0n) is 8.65. The molecule has 1 aromatic heterocycles. The lowest BCUT2D eigenvalue weighted by Gasteiger charge is -2.05. The van der Waals surface area contributed by atoms with E-state index in [9.17, 15) is 8.78 Å². The third-order valence-corrected chi connectivity index (χ3v) is 2.31. The number of alkyl halides is 2. The SMILES string of the molecule is COc1ccc2nc(N)n(CC(F)F)c2c1. The molecule has 0 aliphatic carbocycles. The van der Waals surface area contributed by atoms with E-state index in [4.69, 9.17) is 10.5 Å². The van der Waals surface area contributed by atoms with E-state index >= 15 is 0 Å². The summed E-state index contributed by atoms with van der Waals surface area (Å²) < 4.78 is 31.0. The van der Waals surface area contributed by atoms with Crippen LogP contribution in [0.4, 0.5) is 14.7 Å². The molecule has 2 N–H and O–H groups in total. The van der Waals surface area contributed by atoms with Crippen LogP contribution in [0.15, 0.2) is 18.2 Å². The van der Waals surface area contributed by atoms with Crippen molar-refractivity contribution in [2.75, 3.05) is 12.8 Å². The van der Waals surface area contributed by atoms with Crippen LogP contribution in [0.5, 0.6) is 5.75 Å². The van der Waals surface area contributed by atoms with Crippen LogP contribution in [0.2, 0.25) is 0 Å². The molecular formula is C10H11F2N3O. The average molecular weight is 227 g/mol. The molecule has 2 aromatic rings. The maximum Gasteiger partial charge on any atom is 0.256 e. The summed E-state index contributed by atoms with van der Waals surface area (Å²) in [6, 6.07) is 5.04. The van der Waals surface area contributed by atoms with Gasteiger partial charge in [0, 0.05) is 6.07 Å². The topological polar surface area (TPSA) is 53.1 Å². The Hall–Kier alpha value is -1.85. The lowest BCUT2D eigenvalue weighted by atomic mass is 10.3. The Kier molecular flexibility index (Phi) is 2.64. The van der Waals surface area contributed by atoms with Gasteiger partial charge in [-0.1, -0.05) is 0 Å². The van der Waals surface area contributed by atoms with Crippen LogP contribution >= 0.6 is 0 Å². The van der Waals surface area contributed by atoms with Gasteiger partial charge >= 0.3 is 0 Å². The first-order valence-electron chi connectivity index (χ1n) is 4.69. The summed E-state index contributed by atoms with van der Waals surface area (Å²) in [7, 11) is 1.51. The van der Waals surface area contributed by atoms with Crippen LogP contribution in [0.25, 0.3) is 11.0 Å². The number of benzene rings is 1. The first-order chi connectivity index (χ1) is 7.61. The van der Waals surface area contributed by atoms with Crippen molar-refractivity contribution in [3.05, 3.63) is 18.2 Å². The number of nitrogens with zero attached hydrogens (tertiary/aromatic N) is 2. The molecule has 0 fully saturated rings. The average Bonchev–Trinajstić information content (AvgIpc) is 2.54. The second kappa shape index (κ2) is 3.96. The van der Waals surface area contributed by atoms with E-state index in [1.54, 1.807) is 18.2 Å². The number of aromatic nitrogens is 2. The van der Waals surface area contributed by atoms with E-state index in [1.807, 2.05) is 0 Å². The third-order valence-electron chi connectivity index (χ3n) is 2.31. The number of anilines is 1. The van der Waals surface area contributed by atoms with E-state index in [2.05, 4.69) is 4.98 Å². The monoisotopic (exact) mass is 227 g/mol. The maximum absolute atomic E-state index is 12.4. The molecule has 0 aliphatic heterocycles. The predicted octanol–water partition coefficient (Wildman–Crippen LogP) is 1.89. The summed E-state index contributed by atoms with van der Waals surface area (Å²) in [5, 5.41) is 0. The van der Waals surface area contributed by atoms with Gasteiger partial charge in [-0.2, -0.15) is 0 Å². The Balaban J connectivity index is 2.56. The van der Waals surface area contributed by atoms with Crippen molar-refractivity contribution in [2.45, 2.75) is 13.0 Å². The molecule has 16 heavy (non-hydrogen) atoms. The molecule has 0 unspecified atom stereocenters. The van der Waals surface area contributed by atoms with Crippen molar-refractivity contribution >= 4 is 17.0 Å². The van der Waals surface area contributed by atoms with Crippen molar-refractivity contribution in [1.82, 2.24) is 9.55 Å². The van der Waals surface area contributed by atoms with Crippen LogP contribution in [0.3, 0.4) is 0 Å². The molecule has 0 amide bonds. The number of ether oxygens (including phenoxy) is 1. The Bertz CT molecular complexity index is 510. The minimum Gasteiger partial charge on any atom is -0.497 e. The standard InChI is InChI=1S/C10H11F2N3O/c1-16-6-2-3-7-8(4-6)15(5-9(11)12)10(13)14-7/h2-4,9H,5H2,1H3,(H2,13,14). The van der Waals surface area contributed by atoms with E-state index < -0.39 is 13.0 Å². The number of fused-ring (bicyclic) bond motifs is 1. The lowest BCUT2D eigenvalue weighted by Crippen LogP contribution is -2.09. The van der Waals surface area contributed by atoms with Crippen molar-refractivity contribution < 1.29 is 13.5 Å². The summed E-state index contributed by atoms with van der Waals surface area (Å²) in [5.41, 5.74) is 6.71. The molecule has 6 heteroatoms. The van der Waals surface area contributed by atoms with Gasteiger partial charge in [0.15, 0.2) is 0 Å². The number of rotatable bonds is 3. The normalized spacial score (nSPS) is 11.2. The van der Waals surface area contributed by atoms with Gasteiger partial charge < -0.3 is 15.0 Å². The number of imidazole rings is 1. The molecule has 0 aliphatic rings. The molecule has 0 saturated carbocycles. The van der Waals surface area contributed by atoms with E-state index in [0.29, 0.717) is 16.8 Å². The van der Waals surface area contributed by atoms with Crippen LogP contribution in [-0.2, 0) is 6.54 Å². The van der Waals surface area contributed by atoms with Gasteiger partial charge in [-0.25, -0.2) is 13.8 Å². The molecule has 0 spiro atoms. The summed E-state index contributed by atoms with van der Waals surface area (Å²) in [4.78, 5) is 3.99. The summed E-state index contributed by atoms with van der Waals surface area (Å²) in [6.45, 7) is -0.463. The molecule has 0 atom stereocenters. The largest absolute Gasteiger partial charge is 0.497 e. The van der Waals surface area contributed by atoms with Crippen LogP contribution in [0, 0.1) is 0 Å². The first kappa shape index (κ1) is 10.7. The van der Waals surface area contributed by atoms with Gasteiger partial charge in [-0.05, 0) is 12.1 Å². The number of hydrogen-bond donors (Lipinski definition) is 1. The summed E-state index contributed by atoms with van der Waals surface area (Å²) in [6.07, 6.45) is -2.47. The van der Waals surface area contributed by atoms with Crippen LogP contribution in [-0.4, -0.2) is 23.1 Å². The van der Waals surface area contributed by atoms with Gasteiger partial charge in [-0.15, -0.1) is 0 Å². The van der Waals surface area contributed by atoms with Crippen molar-refractivity contribution in [1.29, 1.82) is 0 Å². The highest BCUT2D eigenvalue weighted by Gasteiger charge is 2.13. The predicted molar refractivity (Wildman–Crippen MR) is 56.7 cm³/mol. The van der Waals surface area contributed by atoms with Crippen LogP contribution < -0.4 is 10.5 Å². The quantitative estimate of drug-likeness (QED) is 0.871. The minimum atomic E-state index is -2.47. The minimum absolute atomic E-state index is 0.0866. The fraction of sp³-hybridized carbons (Fsp3) is 0.300. The van der Waals surface area contributed by atoms with Crippen LogP contribution in [0.1, 0.15) is 0 Å². The van der Waals surface area contributed by atoms with E-state index in [1.165, 1.54) is 11.7 Å². The molecular weight excluding hydrogens is 216 g/mol. The van der Waals surface area contributed by atoms with E-state index in [-0.39, 0.29) is 5.95 Å². The van der Waals surface area contributed by atoms with E-state index in [0.717, 1.165) is 0 Å². The highest BCUT2D eigenvalue weighted by molar-refractivity contribution is 5.79. The molecule has 4 nitrogen and oxygen atoms in total. The Morgan fingerprint density at radius 3 is 2.88 bits per heavy atom. The van der Waals surface area contributed by atoms with Gasteiger partial charge in [-0.3, -0.25) is 0 Å². The van der Waals surface area contributed by atoms with Gasteiger partial charge in [0.05, 0.1) is 24.7 Å². The van der Waals surface area contributed by atoms with Gasteiger partial charge in [0.2, 0.25) is 5.95 Å². The van der Waals surface area contributed by atoms with Gasteiger partial charge in [0.25, 0.3) is 6.43 Å². The molecule has 0 saturated heterocycles. The molecule has 0 radical (unpaired) electrons. The smallest absolute Gasteiger partial charge is 0.256 e. The van der Waals surface area contributed by atoms with Gasteiger partial charge in [0.1, 0.15) is 5.75 Å². The Labute approximate surface area is 90.6 Å². The molecule has 2 rings (SSSR count). The molecule has 86 valence electrons. The summed E-state index contributed by atoms with van der Waals surface area (Å²) in [5.74, 6) is 0.673. The number of hydrogen-bond acceptors (Lipinski definition) is 3. The molecule has 0 bridgehead atoms. The highest BCUT2D eigenvalue weighted by atomic mass is 19.3. The zero-order chi connectivity index (χ0) is 11.7. The Morgan fingerprint density at radius 2 is 2.25 bits per heavy atom. The zero-order valence-corrected chi connectivity index (χ0v) is 8.65. The fourth-order valence-corrected chi connectivity index (χ4v) is 1.58. The Morgan fingerprint density at radius 1 is 1.50 bits per heavy atom.